The van der Waals surface area contributed by atoms with Crippen molar-refractivity contribution in [3.8, 4) is 17.2 Å². The molecule has 3 saturated heterocycles. The van der Waals surface area contributed by atoms with Gasteiger partial charge < -0.3 is 49.2 Å². The summed E-state index contributed by atoms with van der Waals surface area (Å²) in [7, 11) is 9.99. The number of carbonyl (C=O) groups excluding carboxylic acids is 3. The van der Waals surface area contributed by atoms with E-state index in [1.54, 1.807) is 51.5 Å². The van der Waals surface area contributed by atoms with Gasteiger partial charge >= 0.3 is 17.9 Å². The Hall–Kier alpha value is -7.65. The van der Waals surface area contributed by atoms with E-state index < -0.39 is 11.9 Å². The van der Waals surface area contributed by atoms with E-state index in [2.05, 4.69) is 107 Å². The molecule has 3 N–H and O–H groups in total. The number of rotatable bonds is 21. The Bertz CT molecular complexity index is 3640. The SMILES string of the molecule is CCOC(=O)C=O.CCOC(=O)CN(CCc1ccc(F)cc1)[C@@H]1[C@H]2Cc3ccc(OC)cc3[C@@]1(C)CCN2C.CN1CC[C@]2(C)c3cc(O)ccc3C[C@@H]1[C@H]2N(CCc1ccc(F)cc1)CC(=O)O.COc1ccc2c(c1)[C@@]1(C)CCN(C)[C@H](C2)[C@H]1NCCc1ccc(F)cc1. The maximum atomic E-state index is 13.4. The van der Waals surface area contributed by atoms with Crippen molar-refractivity contribution in [2.24, 2.45) is 0 Å². The number of aldehydes is 1. The van der Waals surface area contributed by atoms with E-state index in [4.69, 9.17) is 14.2 Å². The van der Waals surface area contributed by atoms with Crippen molar-refractivity contribution in [3.63, 3.8) is 0 Å². The number of carboxylic acids is 1. The third-order valence-corrected chi connectivity index (χ3v) is 21.7. The number of esters is 2. The molecule has 0 aromatic heterocycles. The maximum Gasteiger partial charge on any atom is 0.371 e. The Labute approximate surface area is 571 Å². The molecule has 0 unspecified atom stereocenters. The van der Waals surface area contributed by atoms with Crippen LogP contribution in [0, 0.1) is 17.5 Å². The number of phenols is 1. The number of halogens is 3. The Balaban J connectivity index is 0.000000163. The van der Waals surface area contributed by atoms with Gasteiger partial charge in [-0.2, -0.15) is 0 Å². The number of phenolic OH excluding ortho intramolecular Hbond substituents is 1. The molecule has 6 aliphatic rings. The van der Waals surface area contributed by atoms with Crippen molar-refractivity contribution in [2.75, 3.05) is 101 Å². The Morgan fingerprint density at radius 2 is 0.959 bits per heavy atom. The molecule has 0 spiro atoms. The van der Waals surface area contributed by atoms with Crippen molar-refractivity contribution in [3.05, 3.63) is 195 Å². The fourth-order valence-electron chi connectivity index (χ4n) is 16.5. The zero-order valence-electron chi connectivity index (χ0n) is 58.1. The number of methoxy groups -OCH3 is 2. The van der Waals surface area contributed by atoms with Crippen LogP contribution in [0.25, 0.3) is 0 Å². The lowest BCUT2D eigenvalue weighted by atomic mass is 9.61. The molecule has 3 aliphatic heterocycles. The second-order valence-corrected chi connectivity index (χ2v) is 27.6. The summed E-state index contributed by atoms with van der Waals surface area (Å²) in [6, 6.07) is 40.1. The molecule has 16 nitrogen and oxygen atoms in total. The van der Waals surface area contributed by atoms with Gasteiger partial charge in [-0.15, -0.1) is 0 Å². The van der Waals surface area contributed by atoms with Crippen LogP contribution in [0.2, 0.25) is 0 Å². The van der Waals surface area contributed by atoms with Gasteiger partial charge in [-0.1, -0.05) is 75.4 Å². The molecule has 3 fully saturated rings. The molecule has 3 heterocycles. The molecule has 19 heteroatoms. The van der Waals surface area contributed by atoms with E-state index in [-0.39, 0.29) is 89.5 Å². The number of hydrogen-bond acceptors (Lipinski definition) is 15. The minimum absolute atomic E-state index is 0.0158. The standard InChI is InChI=1S/C27H35FN2O3.C24H29FN2O3.C23H29FN2O.C4H6O3/c1-5-33-25(31)18-30(14-12-19-6-9-21(28)10-7-19)26-24-16-20-8-11-22(32-4)17-23(20)27(26,2)13-15-29(24)3;1-24-10-12-26(2)21(13-17-5-8-19(28)14-20(17)24)23(24)27(15-22(29)30)11-9-16-3-6-18(25)7-4-16;1-23-11-13-26(2)21(14-17-6-9-19(27-3)15-20(17)23)22(23)25-12-10-16-4-7-18(24)8-5-16;1-2-7-4(6)3-5/h6-11,17,24,26H,5,12-16,18H2,1-4H3;3-8,14,21,23,28H,9-13,15H2,1-2H3,(H,29,30);4-9,15,21-22,25H,10-14H2,1-3H3;3H,2H2,1H3/t24-,26-,27-;21-,23-,24-;21-,22-,23-;/m111./s1. The molecule has 0 saturated carbocycles. The van der Waals surface area contributed by atoms with Crippen LogP contribution in [0.1, 0.15) is 104 Å². The van der Waals surface area contributed by atoms with Gasteiger partial charge in [0.25, 0.3) is 0 Å². The largest absolute Gasteiger partial charge is 0.508 e. The summed E-state index contributed by atoms with van der Waals surface area (Å²) >= 11 is 0. The quantitative estimate of drug-likeness (QED) is 0.0353. The fourth-order valence-corrected chi connectivity index (χ4v) is 16.5. The van der Waals surface area contributed by atoms with Crippen LogP contribution in [-0.2, 0) is 83.4 Å². The lowest BCUT2D eigenvalue weighted by molar-refractivity contribution is -0.148. The minimum Gasteiger partial charge on any atom is -0.508 e. The van der Waals surface area contributed by atoms with Crippen molar-refractivity contribution in [2.45, 2.75) is 145 Å². The highest BCUT2D eigenvalue weighted by molar-refractivity contribution is 6.20. The summed E-state index contributed by atoms with van der Waals surface area (Å²) < 4.78 is 60.4. The topological polar surface area (TPSA) is 174 Å². The van der Waals surface area contributed by atoms with Gasteiger partial charge in [-0.25, -0.2) is 18.0 Å². The van der Waals surface area contributed by atoms with E-state index in [0.29, 0.717) is 44.2 Å². The average Bonchev–Trinajstić information content (AvgIpc) is 0.742. The van der Waals surface area contributed by atoms with Crippen molar-refractivity contribution >= 4 is 24.2 Å². The van der Waals surface area contributed by atoms with E-state index in [1.807, 2.05) is 49.4 Å². The molecule has 6 bridgehead atoms. The lowest BCUT2D eigenvalue weighted by Gasteiger charge is -2.58. The first-order chi connectivity index (χ1) is 46.4. The third-order valence-electron chi connectivity index (χ3n) is 21.7. The Kier molecular flexibility index (Phi) is 24.9. The number of nitrogens with zero attached hydrogens (tertiary/aromatic N) is 5. The van der Waals surface area contributed by atoms with Crippen molar-refractivity contribution in [1.82, 2.24) is 29.8 Å². The first kappa shape index (κ1) is 73.6. The van der Waals surface area contributed by atoms with Crippen molar-refractivity contribution in [1.29, 1.82) is 0 Å². The highest BCUT2D eigenvalue weighted by atomic mass is 19.1. The van der Waals surface area contributed by atoms with Gasteiger partial charge in [0.05, 0.1) is 40.5 Å². The number of likely N-dealkylation sites (tertiary alicyclic amines) is 3. The average molecular weight is 1340 g/mol. The van der Waals surface area contributed by atoms with Crippen LogP contribution in [0.15, 0.2) is 127 Å². The van der Waals surface area contributed by atoms with Gasteiger partial charge in [-0.05, 0) is 242 Å². The van der Waals surface area contributed by atoms with Crippen LogP contribution in [0.3, 0.4) is 0 Å². The molecule has 12 rings (SSSR count). The highest BCUT2D eigenvalue weighted by Gasteiger charge is 2.55. The highest BCUT2D eigenvalue weighted by Crippen LogP contribution is 2.50. The van der Waals surface area contributed by atoms with Crippen molar-refractivity contribution < 1.29 is 61.5 Å². The maximum absolute atomic E-state index is 13.4. The number of fused-ring (bicyclic) bond motifs is 12. The van der Waals surface area contributed by atoms with E-state index in [9.17, 15) is 42.6 Å². The van der Waals surface area contributed by atoms with Gasteiger partial charge in [0, 0.05) is 65.6 Å². The van der Waals surface area contributed by atoms with Gasteiger partial charge in [0.1, 0.15) is 34.7 Å². The predicted molar refractivity (Wildman–Crippen MR) is 370 cm³/mol. The normalized spacial score (nSPS) is 24.4. The number of benzene rings is 6. The van der Waals surface area contributed by atoms with Crippen LogP contribution in [-0.4, -0.2) is 196 Å². The predicted octanol–water partition coefficient (Wildman–Crippen LogP) is 10.2. The first-order valence-corrected chi connectivity index (χ1v) is 34.2. The Morgan fingerprint density at radius 1 is 0.557 bits per heavy atom. The summed E-state index contributed by atoms with van der Waals surface area (Å²) in [6.45, 7) is 16.5. The van der Waals surface area contributed by atoms with E-state index in [1.165, 1.54) is 57.6 Å². The Morgan fingerprint density at radius 3 is 1.39 bits per heavy atom. The number of piperidine rings is 3. The first-order valence-electron chi connectivity index (χ1n) is 34.2. The van der Waals surface area contributed by atoms with E-state index in [0.717, 1.165) is 106 Å². The molecule has 6 aromatic rings. The molecule has 0 amide bonds. The number of hydrogen-bond donors (Lipinski definition) is 3. The van der Waals surface area contributed by atoms with Crippen LogP contribution in [0.4, 0.5) is 13.2 Å². The molecule has 9 atom stereocenters. The second kappa shape index (κ2) is 32.8. The number of likely N-dealkylation sites (N-methyl/N-ethyl adjacent to an activating group) is 3. The number of ether oxygens (including phenoxy) is 4. The lowest BCUT2D eigenvalue weighted by Crippen LogP contribution is -2.67. The molecule has 522 valence electrons. The summed E-state index contributed by atoms with van der Waals surface area (Å²) in [6.07, 6.45) is 8.32. The summed E-state index contributed by atoms with van der Waals surface area (Å²) in [4.78, 5) is 55.3. The summed E-state index contributed by atoms with van der Waals surface area (Å²) in [5.74, 6) is -0.459. The smallest absolute Gasteiger partial charge is 0.371 e. The van der Waals surface area contributed by atoms with Crippen LogP contribution >= 0.6 is 0 Å². The van der Waals surface area contributed by atoms with Crippen LogP contribution < -0.4 is 14.8 Å². The number of carboxylic acid groups (broad SMARTS) is 1. The number of aromatic hydroxyl groups is 1. The fraction of sp³-hybridized carbons (Fsp3) is 0.487. The molecule has 0 radical (unpaired) electrons. The number of nitrogens with one attached hydrogen (secondary N) is 1. The van der Waals surface area contributed by atoms with Gasteiger partial charge in [0.15, 0.2) is 0 Å². The zero-order chi connectivity index (χ0) is 69.8. The summed E-state index contributed by atoms with van der Waals surface area (Å²) in [5.41, 5.74) is 10.9. The monoisotopic (exact) mass is 1340 g/mol. The molecule has 3 aliphatic carbocycles. The van der Waals surface area contributed by atoms with Gasteiger partial charge in [-0.3, -0.25) is 24.2 Å². The number of aliphatic carboxylic acids is 1. The number of carbonyl (C=O) groups is 4. The molecule has 6 aromatic carbocycles. The zero-order valence-corrected chi connectivity index (χ0v) is 58.1. The second-order valence-electron chi connectivity index (χ2n) is 27.6. The molecule has 97 heavy (non-hydrogen) atoms. The summed E-state index contributed by atoms with van der Waals surface area (Å²) in [5, 5.41) is 23.7. The van der Waals surface area contributed by atoms with Gasteiger partial charge in [0.2, 0.25) is 6.29 Å². The van der Waals surface area contributed by atoms with Crippen LogP contribution in [0.5, 0.6) is 17.2 Å². The molecular formula is C78H99F3N6O10. The minimum atomic E-state index is -0.847. The molecular weight excluding hydrogens is 1240 g/mol. The van der Waals surface area contributed by atoms with E-state index >= 15 is 0 Å². The third kappa shape index (κ3) is 17.3.